The molecule has 0 aliphatic rings. The molecule has 6 heteroatoms. The molecular formula is C17H23N3O3. The van der Waals surface area contributed by atoms with Crippen molar-refractivity contribution in [2.24, 2.45) is 0 Å². The number of aliphatic hydroxyl groups excluding tert-OH is 1. The Labute approximate surface area is 135 Å². The van der Waals surface area contributed by atoms with Crippen LogP contribution in [0.3, 0.4) is 0 Å². The van der Waals surface area contributed by atoms with Crippen LogP contribution in [-0.4, -0.2) is 22.8 Å². The van der Waals surface area contributed by atoms with Crippen LogP contribution in [0.1, 0.15) is 43.8 Å². The highest BCUT2D eigenvalue weighted by Gasteiger charge is 2.20. The summed E-state index contributed by atoms with van der Waals surface area (Å²) in [6, 6.07) is 8.77. The number of anilines is 1. The Balaban J connectivity index is 1.88. The molecule has 3 N–H and O–H groups in total. The van der Waals surface area contributed by atoms with Gasteiger partial charge in [-0.3, -0.25) is 5.32 Å². The average molecular weight is 317 g/mol. The minimum absolute atomic E-state index is 0.112. The van der Waals surface area contributed by atoms with E-state index in [-0.39, 0.29) is 12.0 Å². The van der Waals surface area contributed by atoms with Crippen molar-refractivity contribution < 1.29 is 14.4 Å². The van der Waals surface area contributed by atoms with Crippen LogP contribution in [0.5, 0.6) is 0 Å². The molecule has 1 heterocycles. The van der Waals surface area contributed by atoms with Gasteiger partial charge in [-0.15, -0.1) is 0 Å². The van der Waals surface area contributed by atoms with Crippen molar-refractivity contribution in [3.63, 3.8) is 0 Å². The van der Waals surface area contributed by atoms with Crippen LogP contribution < -0.4 is 10.6 Å². The molecule has 0 saturated heterocycles. The van der Waals surface area contributed by atoms with E-state index in [2.05, 4.69) is 15.8 Å². The van der Waals surface area contributed by atoms with Gasteiger partial charge >= 0.3 is 6.03 Å². The lowest BCUT2D eigenvalue weighted by atomic mass is 9.93. The molecule has 2 amide bonds. The Bertz CT molecular complexity index is 674. The fourth-order valence-corrected chi connectivity index (χ4v) is 2.11. The summed E-state index contributed by atoms with van der Waals surface area (Å²) in [6.45, 7) is 8.02. The summed E-state index contributed by atoms with van der Waals surface area (Å²) >= 11 is 0. The average Bonchev–Trinajstić information content (AvgIpc) is 2.94. The van der Waals surface area contributed by atoms with Crippen LogP contribution >= 0.6 is 0 Å². The van der Waals surface area contributed by atoms with E-state index < -0.39 is 12.1 Å². The van der Waals surface area contributed by atoms with Crippen molar-refractivity contribution in [1.82, 2.24) is 10.5 Å². The normalized spacial score (nSPS) is 12.7. The Hall–Kier alpha value is -2.34. The molecular weight excluding hydrogens is 294 g/mol. The largest absolute Gasteiger partial charge is 0.387 e. The molecule has 1 aromatic heterocycles. The minimum atomic E-state index is -0.760. The van der Waals surface area contributed by atoms with Crippen molar-refractivity contribution in [2.75, 3.05) is 11.9 Å². The number of aryl methyl sites for hydroxylation is 1. The molecule has 2 aromatic rings. The van der Waals surface area contributed by atoms with Gasteiger partial charge in [-0.05, 0) is 18.1 Å². The van der Waals surface area contributed by atoms with Gasteiger partial charge in [0.05, 0.1) is 6.10 Å². The molecule has 0 aliphatic heterocycles. The number of aliphatic hydroxyl groups is 1. The monoisotopic (exact) mass is 317 g/mol. The highest BCUT2D eigenvalue weighted by molar-refractivity contribution is 5.88. The van der Waals surface area contributed by atoms with Crippen LogP contribution in [0, 0.1) is 6.92 Å². The molecule has 0 saturated carbocycles. The number of hydrogen-bond donors (Lipinski definition) is 3. The predicted octanol–water partition coefficient (Wildman–Crippen LogP) is 3.14. The Kier molecular flexibility index (Phi) is 5.05. The zero-order valence-electron chi connectivity index (χ0n) is 13.9. The summed E-state index contributed by atoms with van der Waals surface area (Å²) in [6.07, 6.45) is -0.760. The second kappa shape index (κ2) is 6.83. The van der Waals surface area contributed by atoms with E-state index in [0.717, 1.165) is 11.1 Å². The van der Waals surface area contributed by atoms with Crippen molar-refractivity contribution in [3.05, 3.63) is 47.2 Å². The van der Waals surface area contributed by atoms with Crippen molar-refractivity contribution >= 4 is 11.8 Å². The standard InChI is InChI=1S/C17H23N3O3/c1-11-7-5-6-8-12(11)13(21)10-18-16(22)19-15-9-14(23-20-15)17(2,3)4/h5-9,13,21H,10H2,1-4H3,(H2,18,19,20,22). The first kappa shape index (κ1) is 17.0. The van der Waals surface area contributed by atoms with E-state index in [0.29, 0.717) is 11.6 Å². The van der Waals surface area contributed by atoms with Gasteiger partial charge in [-0.1, -0.05) is 50.2 Å². The first-order chi connectivity index (χ1) is 10.8. The maximum atomic E-state index is 11.9. The van der Waals surface area contributed by atoms with Crippen LogP contribution in [0.15, 0.2) is 34.9 Å². The first-order valence-corrected chi connectivity index (χ1v) is 7.53. The van der Waals surface area contributed by atoms with Crippen LogP contribution in [0.25, 0.3) is 0 Å². The number of urea groups is 1. The molecule has 1 unspecified atom stereocenters. The molecule has 1 aromatic carbocycles. The third-order valence-electron chi connectivity index (χ3n) is 3.49. The van der Waals surface area contributed by atoms with Crippen LogP contribution in [0.2, 0.25) is 0 Å². The SMILES string of the molecule is Cc1ccccc1C(O)CNC(=O)Nc1cc(C(C)(C)C)on1. The maximum Gasteiger partial charge on any atom is 0.320 e. The lowest BCUT2D eigenvalue weighted by Gasteiger charge is -2.14. The smallest absolute Gasteiger partial charge is 0.320 e. The minimum Gasteiger partial charge on any atom is -0.387 e. The van der Waals surface area contributed by atoms with Crippen LogP contribution in [0.4, 0.5) is 10.6 Å². The van der Waals surface area contributed by atoms with Crippen molar-refractivity contribution in [2.45, 2.75) is 39.2 Å². The first-order valence-electron chi connectivity index (χ1n) is 7.53. The van der Waals surface area contributed by atoms with E-state index in [4.69, 9.17) is 4.52 Å². The van der Waals surface area contributed by atoms with E-state index in [1.165, 1.54) is 0 Å². The summed E-state index contributed by atoms with van der Waals surface area (Å²) in [5.74, 6) is 1.03. The number of carbonyl (C=O) groups excluding carboxylic acids is 1. The highest BCUT2D eigenvalue weighted by atomic mass is 16.5. The summed E-state index contributed by atoms with van der Waals surface area (Å²) in [4.78, 5) is 11.9. The molecule has 1 atom stereocenters. The fraction of sp³-hybridized carbons (Fsp3) is 0.412. The summed E-state index contributed by atoms with van der Waals surface area (Å²) in [7, 11) is 0. The molecule has 23 heavy (non-hydrogen) atoms. The molecule has 124 valence electrons. The molecule has 6 nitrogen and oxygen atoms in total. The molecule has 0 bridgehead atoms. The number of hydrogen-bond acceptors (Lipinski definition) is 4. The van der Waals surface area contributed by atoms with E-state index >= 15 is 0 Å². The second-order valence-corrected chi connectivity index (χ2v) is 6.53. The second-order valence-electron chi connectivity index (χ2n) is 6.53. The molecule has 2 rings (SSSR count). The lowest BCUT2D eigenvalue weighted by molar-refractivity contribution is 0.174. The lowest BCUT2D eigenvalue weighted by Crippen LogP contribution is -2.32. The third-order valence-corrected chi connectivity index (χ3v) is 3.49. The van der Waals surface area contributed by atoms with E-state index in [9.17, 15) is 9.90 Å². The van der Waals surface area contributed by atoms with Gasteiger partial charge in [-0.25, -0.2) is 4.79 Å². The Morgan fingerprint density at radius 3 is 2.65 bits per heavy atom. The number of benzene rings is 1. The predicted molar refractivity (Wildman–Crippen MR) is 88.4 cm³/mol. The summed E-state index contributed by atoms with van der Waals surface area (Å²) in [5, 5.41) is 19.2. The van der Waals surface area contributed by atoms with Gasteiger partial charge in [0.2, 0.25) is 0 Å². The molecule has 0 fully saturated rings. The van der Waals surface area contributed by atoms with Crippen LogP contribution in [-0.2, 0) is 5.41 Å². The van der Waals surface area contributed by atoms with E-state index in [1.807, 2.05) is 52.0 Å². The molecule has 0 radical (unpaired) electrons. The van der Waals surface area contributed by atoms with Crippen molar-refractivity contribution in [3.8, 4) is 0 Å². The van der Waals surface area contributed by atoms with Gasteiger partial charge in [0.1, 0.15) is 5.76 Å². The number of amides is 2. The summed E-state index contributed by atoms with van der Waals surface area (Å²) in [5.41, 5.74) is 1.60. The quantitative estimate of drug-likeness (QED) is 0.808. The van der Waals surface area contributed by atoms with Gasteiger partial charge in [0.25, 0.3) is 0 Å². The molecule has 0 aliphatic carbocycles. The zero-order chi connectivity index (χ0) is 17.0. The van der Waals surface area contributed by atoms with Gasteiger partial charge < -0.3 is 14.9 Å². The number of carbonyl (C=O) groups is 1. The number of rotatable bonds is 4. The van der Waals surface area contributed by atoms with Gasteiger partial charge in [-0.2, -0.15) is 0 Å². The fourth-order valence-electron chi connectivity index (χ4n) is 2.11. The van der Waals surface area contributed by atoms with Gasteiger partial charge in [0, 0.05) is 18.0 Å². The Morgan fingerprint density at radius 1 is 1.35 bits per heavy atom. The molecule has 0 spiro atoms. The summed E-state index contributed by atoms with van der Waals surface area (Å²) < 4.78 is 5.20. The zero-order valence-corrected chi connectivity index (χ0v) is 13.9. The third kappa shape index (κ3) is 4.56. The number of nitrogens with one attached hydrogen (secondary N) is 2. The van der Waals surface area contributed by atoms with Crippen molar-refractivity contribution in [1.29, 1.82) is 0 Å². The highest BCUT2D eigenvalue weighted by Crippen LogP contribution is 2.24. The van der Waals surface area contributed by atoms with Gasteiger partial charge in [0.15, 0.2) is 5.82 Å². The number of nitrogens with zero attached hydrogens (tertiary/aromatic N) is 1. The maximum absolute atomic E-state index is 11.9. The Morgan fingerprint density at radius 2 is 2.04 bits per heavy atom. The van der Waals surface area contributed by atoms with E-state index in [1.54, 1.807) is 6.07 Å². The number of aromatic nitrogens is 1. The topological polar surface area (TPSA) is 87.4 Å².